The van der Waals surface area contributed by atoms with Gasteiger partial charge in [0.05, 0.1) is 12.7 Å². The van der Waals surface area contributed by atoms with Crippen molar-refractivity contribution in [3.8, 4) is 0 Å². The lowest BCUT2D eigenvalue weighted by atomic mass is 9.50. The molecule has 0 aliphatic heterocycles. The Morgan fingerprint density at radius 3 is 2.18 bits per heavy atom. The van der Waals surface area contributed by atoms with Gasteiger partial charge < -0.3 is 4.74 Å². The van der Waals surface area contributed by atoms with Crippen LogP contribution in [-0.4, -0.2) is 18.9 Å². The molecular formula is C19H22O3. The number of hydrogen-bond donors (Lipinski definition) is 0. The summed E-state index contributed by atoms with van der Waals surface area (Å²) in [5, 5.41) is 0. The SMILES string of the molecule is COC(=O)c1ccc2c(c1)C13CCCCC1(CCCC3)C2=O. The van der Waals surface area contributed by atoms with Crippen LogP contribution in [0.1, 0.15) is 77.6 Å². The second kappa shape index (κ2) is 4.68. The Balaban J connectivity index is 1.93. The monoisotopic (exact) mass is 298 g/mol. The van der Waals surface area contributed by atoms with Crippen molar-refractivity contribution in [2.24, 2.45) is 5.41 Å². The largest absolute Gasteiger partial charge is 0.465 e. The Morgan fingerprint density at radius 1 is 1.00 bits per heavy atom. The summed E-state index contributed by atoms with van der Waals surface area (Å²) in [4.78, 5) is 25.1. The van der Waals surface area contributed by atoms with Crippen LogP contribution in [0.3, 0.4) is 0 Å². The Hall–Kier alpha value is -1.64. The van der Waals surface area contributed by atoms with Gasteiger partial charge in [-0.15, -0.1) is 0 Å². The van der Waals surface area contributed by atoms with E-state index >= 15 is 0 Å². The van der Waals surface area contributed by atoms with Crippen LogP contribution in [0, 0.1) is 5.41 Å². The first-order valence-electron chi connectivity index (χ1n) is 8.42. The van der Waals surface area contributed by atoms with Gasteiger partial charge >= 0.3 is 5.97 Å². The minimum atomic E-state index is -0.309. The third kappa shape index (κ3) is 1.52. The minimum absolute atomic E-state index is 0.0139. The van der Waals surface area contributed by atoms with Gasteiger partial charge in [0.2, 0.25) is 0 Å². The lowest BCUT2D eigenvalue weighted by Gasteiger charge is -2.52. The molecule has 3 heteroatoms. The average molecular weight is 298 g/mol. The van der Waals surface area contributed by atoms with E-state index in [0.29, 0.717) is 11.3 Å². The number of rotatable bonds is 1. The van der Waals surface area contributed by atoms with Crippen LogP contribution < -0.4 is 0 Å². The molecule has 3 aliphatic rings. The van der Waals surface area contributed by atoms with Crippen molar-refractivity contribution in [1.82, 2.24) is 0 Å². The van der Waals surface area contributed by atoms with Gasteiger partial charge in [0.15, 0.2) is 5.78 Å². The van der Waals surface area contributed by atoms with Crippen LogP contribution in [0.25, 0.3) is 0 Å². The molecule has 0 unspecified atom stereocenters. The summed E-state index contributed by atoms with van der Waals surface area (Å²) in [6, 6.07) is 5.58. The van der Waals surface area contributed by atoms with Crippen LogP contribution >= 0.6 is 0 Å². The standard InChI is InChI=1S/C19H22O3/c1-22-17(21)13-6-7-14-15(12-13)18-8-2-4-10-19(18,16(14)20)11-5-3-9-18/h6-7,12H,2-5,8-11H2,1H3. The molecule has 3 aliphatic carbocycles. The molecule has 0 radical (unpaired) electrons. The molecule has 0 heterocycles. The molecule has 22 heavy (non-hydrogen) atoms. The van der Waals surface area contributed by atoms with Gasteiger partial charge in [0, 0.05) is 16.4 Å². The normalized spacial score (nSPS) is 32.9. The number of carbonyl (C=O) groups excluding carboxylic acids is 2. The molecule has 0 spiro atoms. The summed E-state index contributed by atoms with van der Waals surface area (Å²) in [5.74, 6) is 0.0362. The summed E-state index contributed by atoms with van der Waals surface area (Å²) in [7, 11) is 1.41. The maximum atomic E-state index is 13.2. The van der Waals surface area contributed by atoms with Crippen molar-refractivity contribution in [3.05, 3.63) is 34.9 Å². The van der Waals surface area contributed by atoms with Crippen molar-refractivity contribution in [3.63, 3.8) is 0 Å². The van der Waals surface area contributed by atoms with Crippen molar-refractivity contribution in [1.29, 1.82) is 0 Å². The highest BCUT2D eigenvalue weighted by atomic mass is 16.5. The fourth-order valence-electron chi connectivity index (χ4n) is 5.53. The van der Waals surface area contributed by atoms with Crippen molar-refractivity contribution in [2.45, 2.75) is 56.8 Å². The van der Waals surface area contributed by atoms with Gasteiger partial charge in [-0.1, -0.05) is 31.7 Å². The van der Waals surface area contributed by atoms with Crippen LogP contribution in [-0.2, 0) is 10.2 Å². The number of hydrogen-bond acceptors (Lipinski definition) is 3. The lowest BCUT2D eigenvalue weighted by molar-refractivity contribution is 0.0251. The third-order valence-corrected chi connectivity index (χ3v) is 6.47. The van der Waals surface area contributed by atoms with E-state index in [1.54, 1.807) is 6.07 Å². The number of benzene rings is 1. The number of Topliss-reactive ketones (excluding diaryl/α,β-unsaturated/α-hetero) is 1. The summed E-state index contributed by atoms with van der Waals surface area (Å²) >= 11 is 0. The topological polar surface area (TPSA) is 43.4 Å². The molecule has 1 aromatic rings. The molecule has 116 valence electrons. The predicted molar refractivity (Wildman–Crippen MR) is 83.2 cm³/mol. The highest BCUT2D eigenvalue weighted by Gasteiger charge is 2.63. The first-order valence-corrected chi connectivity index (χ1v) is 8.42. The summed E-state index contributed by atoms with van der Waals surface area (Å²) < 4.78 is 4.87. The van der Waals surface area contributed by atoms with Crippen molar-refractivity contribution >= 4 is 11.8 Å². The molecule has 3 nitrogen and oxygen atoms in total. The highest BCUT2D eigenvalue weighted by molar-refractivity contribution is 6.08. The van der Waals surface area contributed by atoms with Crippen LogP contribution in [0.2, 0.25) is 0 Å². The summed E-state index contributed by atoms with van der Waals surface area (Å²) in [6.07, 6.45) is 8.93. The van der Waals surface area contributed by atoms with Gasteiger partial charge in [-0.05, 0) is 43.4 Å². The maximum Gasteiger partial charge on any atom is 0.337 e. The number of ether oxygens (including phenoxy) is 1. The van der Waals surface area contributed by atoms with Gasteiger partial charge in [-0.2, -0.15) is 0 Å². The highest BCUT2D eigenvalue weighted by Crippen LogP contribution is 2.65. The molecular weight excluding hydrogens is 276 g/mol. The zero-order chi connectivity index (χ0) is 15.4. The van der Waals surface area contributed by atoms with E-state index in [-0.39, 0.29) is 16.8 Å². The molecule has 0 bridgehead atoms. The van der Waals surface area contributed by atoms with E-state index in [2.05, 4.69) is 0 Å². The lowest BCUT2D eigenvalue weighted by Crippen LogP contribution is -2.50. The zero-order valence-corrected chi connectivity index (χ0v) is 13.1. The van der Waals surface area contributed by atoms with Crippen LogP contribution in [0.15, 0.2) is 18.2 Å². The van der Waals surface area contributed by atoms with E-state index < -0.39 is 0 Å². The van der Waals surface area contributed by atoms with Crippen molar-refractivity contribution in [2.75, 3.05) is 7.11 Å². The number of carbonyl (C=O) groups is 2. The molecule has 4 rings (SSSR count). The average Bonchev–Trinajstić information content (AvgIpc) is 2.81. The van der Waals surface area contributed by atoms with E-state index in [0.717, 1.165) is 49.7 Å². The number of esters is 1. The molecule has 0 saturated heterocycles. The number of fused-ring (bicyclic) bond motifs is 1. The van der Waals surface area contributed by atoms with Gasteiger partial charge in [-0.25, -0.2) is 4.79 Å². The Bertz CT molecular complexity index is 647. The van der Waals surface area contributed by atoms with Gasteiger partial charge in [-0.3, -0.25) is 4.79 Å². The van der Waals surface area contributed by atoms with E-state index in [4.69, 9.17) is 4.74 Å². The predicted octanol–water partition coefficient (Wildman–Crippen LogP) is 4.04. The first kappa shape index (κ1) is 14.0. The summed E-state index contributed by atoms with van der Waals surface area (Å²) in [6.45, 7) is 0. The minimum Gasteiger partial charge on any atom is -0.465 e. The molecule has 2 fully saturated rings. The molecule has 2 saturated carbocycles. The molecule has 0 aromatic heterocycles. The van der Waals surface area contributed by atoms with E-state index in [9.17, 15) is 9.59 Å². The molecule has 0 amide bonds. The van der Waals surface area contributed by atoms with E-state index in [1.807, 2.05) is 12.1 Å². The molecule has 0 atom stereocenters. The van der Waals surface area contributed by atoms with Gasteiger partial charge in [0.1, 0.15) is 0 Å². The maximum absolute atomic E-state index is 13.2. The Labute approximate surface area is 131 Å². The molecule has 0 N–H and O–H groups in total. The second-order valence-corrected chi connectivity index (χ2v) is 7.16. The van der Waals surface area contributed by atoms with Crippen LogP contribution in [0.5, 0.6) is 0 Å². The Morgan fingerprint density at radius 2 is 1.59 bits per heavy atom. The van der Waals surface area contributed by atoms with Crippen molar-refractivity contribution < 1.29 is 14.3 Å². The first-order chi connectivity index (χ1) is 10.6. The number of methoxy groups -OCH3 is 1. The Kier molecular flexibility index (Phi) is 2.97. The quantitative estimate of drug-likeness (QED) is 0.735. The van der Waals surface area contributed by atoms with Crippen LogP contribution in [0.4, 0.5) is 0 Å². The third-order valence-electron chi connectivity index (χ3n) is 6.47. The second-order valence-electron chi connectivity index (χ2n) is 7.16. The zero-order valence-electron chi connectivity index (χ0n) is 13.1. The fraction of sp³-hybridized carbons (Fsp3) is 0.579. The smallest absolute Gasteiger partial charge is 0.337 e. The van der Waals surface area contributed by atoms with E-state index in [1.165, 1.54) is 20.0 Å². The number of ketones is 1. The fourth-order valence-corrected chi connectivity index (χ4v) is 5.53. The summed E-state index contributed by atoms with van der Waals surface area (Å²) in [5.41, 5.74) is 2.40. The molecule has 1 aromatic carbocycles. The van der Waals surface area contributed by atoms with Gasteiger partial charge in [0.25, 0.3) is 0 Å².